The van der Waals surface area contributed by atoms with Gasteiger partial charge in [0.05, 0.1) is 37.3 Å². The minimum absolute atomic E-state index is 0.221. The van der Waals surface area contributed by atoms with Gasteiger partial charge in [0, 0.05) is 18.7 Å². The largest absolute Gasteiger partial charge is 0.465 e. The van der Waals surface area contributed by atoms with E-state index >= 15 is 0 Å². The summed E-state index contributed by atoms with van der Waals surface area (Å²) >= 11 is 0. The summed E-state index contributed by atoms with van der Waals surface area (Å²) in [5.74, 6) is -0.661. The Balaban J connectivity index is 1.91. The van der Waals surface area contributed by atoms with Crippen LogP contribution < -0.4 is 10.2 Å². The molecule has 1 amide bonds. The number of hydrogen-bond acceptors (Lipinski definition) is 5. The molecule has 0 bridgehead atoms. The predicted octanol–water partition coefficient (Wildman–Crippen LogP) is 2.87. The van der Waals surface area contributed by atoms with Crippen LogP contribution in [0, 0.1) is 6.92 Å². The molecule has 0 spiro atoms. The Morgan fingerprint density at radius 3 is 2.35 bits per heavy atom. The number of benzene rings is 2. The number of esters is 1. The minimum Gasteiger partial charge on any atom is -0.465 e. The second-order valence-electron chi connectivity index (χ2n) is 6.14. The van der Waals surface area contributed by atoms with Gasteiger partial charge >= 0.3 is 5.97 Å². The maximum absolute atomic E-state index is 12.6. The van der Waals surface area contributed by atoms with Gasteiger partial charge in [-0.05, 0) is 37.3 Å². The number of amides is 1. The molecular weight excluding hydrogens is 332 g/mol. The molecule has 2 aromatic rings. The summed E-state index contributed by atoms with van der Waals surface area (Å²) < 4.78 is 10.2. The number of ether oxygens (including phenoxy) is 2. The fourth-order valence-electron chi connectivity index (χ4n) is 2.86. The average molecular weight is 354 g/mol. The third-order valence-electron chi connectivity index (χ3n) is 4.33. The molecule has 1 heterocycles. The van der Waals surface area contributed by atoms with Crippen molar-refractivity contribution in [3.05, 3.63) is 59.2 Å². The Bertz CT molecular complexity index is 796. The van der Waals surface area contributed by atoms with Gasteiger partial charge in [-0.15, -0.1) is 0 Å². The number of rotatable bonds is 4. The number of morpholine rings is 1. The van der Waals surface area contributed by atoms with Crippen LogP contribution in [-0.2, 0) is 9.47 Å². The molecule has 26 heavy (non-hydrogen) atoms. The van der Waals surface area contributed by atoms with Gasteiger partial charge in [0.25, 0.3) is 5.91 Å². The molecule has 6 heteroatoms. The van der Waals surface area contributed by atoms with Crippen molar-refractivity contribution in [2.45, 2.75) is 6.92 Å². The number of carbonyl (C=O) groups is 2. The van der Waals surface area contributed by atoms with E-state index in [4.69, 9.17) is 9.47 Å². The van der Waals surface area contributed by atoms with E-state index in [1.807, 2.05) is 25.1 Å². The van der Waals surface area contributed by atoms with Crippen LogP contribution in [0.3, 0.4) is 0 Å². The molecule has 2 aromatic carbocycles. The first-order valence-corrected chi connectivity index (χ1v) is 8.51. The molecule has 6 nitrogen and oxygen atoms in total. The second-order valence-corrected chi connectivity index (χ2v) is 6.14. The van der Waals surface area contributed by atoms with E-state index in [9.17, 15) is 9.59 Å². The lowest BCUT2D eigenvalue weighted by molar-refractivity contribution is 0.0600. The normalized spacial score (nSPS) is 14.0. The number of carbonyl (C=O) groups excluding carboxylic acids is 2. The molecule has 1 aliphatic rings. The third kappa shape index (κ3) is 4.03. The monoisotopic (exact) mass is 354 g/mol. The summed E-state index contributed by atoms with van der Waals surface area (Å²) in [5.41, 5.74) is 3.49. The summed E-state index contributed by atoms with van der Waals surface area (Å²) in [5, 5.41) is 2.93. The number of anilines is 2. The minimum atomic E-state index is -0.440. The number of aryl methyl sites for hydroxylation is 1. The molecule has 1 saturated heterocycles. The quantitative estimate of drug-likeness (QED) is 0.855. The van der Waals surface area contributed by atoms with E-state index in [1.54, 1.807) is 24.3 Å². The second kappa shape index (κ2) is 8.01. The van der Waals surface area contributed by atoms with Gasteiger partial charge in [-0.2, -0.15) is 0 Å². The van der Waals surface area contributed by atoms with Crippen molar-refractivity contribution >= 4 is 23.3 Å². The molecule has 0 aliphatic carbocycles. The van der Waals surface area contributed by atoms with Crippen molar-refractivity contribution in [3.8, 4) is 0 Å². The molecule has 1 aliphatic heterocycles. The predicted molar refractivity (Wildman–Crippen MR) is 99.9 cm³/mol. The lowest BCUT2D eigenvalue weighted by atomic mass is 10.1. The van der Waals surface area contributed by atoms with Crippen LogP contribution >= 0.6 is 0 Å². The Morgan fingerprint density at radius 1 is 1.04 bits per heavy atom. The van der Waals surface area contributed by atoms with Gasteiger partial charge in [-0.3, -0.25) is 4.79 Å². The first-order valence-electron chi connectivity index (χ1n) is 8.51. The van der Waals surface area contributed by atoms with E-state index in [-0.39, 0.29) is 5.91 Å². The summed E-state index contributed by atoms with van der Waals surface area (Å²) in [6, 6.07) is 12.5. The lowest BCUT2D eigenvalue weighted by Crippen LogP contribution is -2.36. The Labute approximate surface area is 152 Å². The molecule has 0 aromatic heterocycles. The van der Waals surface area contributed by atoms with Crippen LogP contribution in [0.1, 0.15) is 26.3 Å². The fourth-order valence-corrected chi connectivity index (χ4v) is 2.86. The topological polar surface area (TPSA) is 67.9 Å². The highest BCUT2D eigenvalue weighted by atomic mass is 16.5. The van der Waals surface area contributed by atoms with E-state index in [2.05, 4.69) is 10.2 Å². The number of methoxy groups -OCH3 is 1. The average Bonchev–Trinajstić information content (AvgIpc) is 2.68. The zero-order valence-corrected chi connectivity index (χ0v) is 15.0. The summed E-state index contributed by atoms with van der Waals surface area (Å²) in [6.45, 7) is 4.68. The standard InChI is InChI=1S/C20H22N2O4/c1-14-3-5-15(6-4-14)19(23)21-17-13-16(20(24)25-2)7-8-18(17)22-9-11-26-12-10-22/h3-8,13H,9-12H2,1-2H3,(H,21,23). The van der Waals surface area contributed by atoms with E-state index in [0.29, 0.717) is 30.0 Å². The molecule has 1 fully saturated rings. The Kier molecular flexibility index (Phi) is 5.53. The SMILES string of the molecule is COC(=O)c1ccc(N2CCOCC2)c(NC(=O)c2ccc(C)cc2)c1. The van der Waals surface area contributed by atoms with Crippen LogP contribution in [0.5, 0.6) is 0 Å². The van der Waals surface area contributed by atoms with E-state index < -0.39 is 5.97 Å². The first-order chi connectivity index (χ1) is 12.6. The van der Waals surface area contributed by atoms with Crippen molar-refractivity contribution in [1.29, 1.82) is 0 Å². The van der Waals surface area contributed by atoms with Crippen LogP contribution in [0.15, 0.2) is 42.5 Å². The highest BCUT2D eigenvalue weighted by Gasteiger charge is 2.19. The first kappa shape index (κ1) is 17.9. The van der Waals surface area contributed by atoms with E-state index in [0.717, 1.165) is 24.3 Å². The zero-order chi connectivity index (χ0) is 18.5. The van der Waals surface area contributed by atoms with Gasteiger partial charge in [0.1, 0.15) is 0 Å². The highest BCUT2D eigenvalue weighted by molar-refractivity contribution is 6.06. The lowest BCUT2D eigenvalue weighted by Gasteiger charge is -2.30. The van der Waals surface area contributed by atoms with Crippen LogP contribution in [-0.4, -0.2) is 45.3 Å². The van der Waals surface area contributed by atoms with Gasteiger partial charge in [-0.25, -0.2) is 4.79 Å². The van der Waals surface area contributed by atoms with Crippen molar-refractivity contribution in [3.63, 3.8) is 0 Å². The molecule has 1 N–H and O–H groups in total. The van der Waals surface area contributed by atoms with Crippen molar-refractivity contribution in [2.75, 3.05) is 43.6 Å². The zero-order valence-electron chi connectivity index (χ0n) is 15.0. The van der Waals surface area contributed by atoms with Gasteiger partial charge < -0.3 is 19.7 Å². The summed E-state index contributed by atoms with van der Waals surface area (Å²) in [4.78, 5) is 26.7. The number of nitrogens with zero attached hydrogens (tertiary/aromatic N) is 1. The molecule has 0 atom stereocenters. The summed E-state index contributed by atoms with van der Waals surface area (Å²) in [7, 11) is 1.34. The molecule has 3 rings (SSSR count). The van der Waals surface area contributed by atoms with Crippen molar-refractivity contribution < 1.29 is 19.1 Å². The Morgan fingerprint density at radius 2 is 1.69 bits per heavy atom. The van der Waals surface area contributed by atoms with E-state index in [1.165, 1.54) is 7.11 Å². The number of nitrogens with one attached hydrogen (secondary N) is 1. The van der Waals surface area contributed by atoms with Crippen LogP contribution in [0.2, 0.25) is 0 Å². The molecule has 0 radical (unpaired) electrons. The van der Waals surface area contributed by atoms with Crippen molar-refractivity contribution in [1.82, 2.24) is 0 Å². The molecule has 0 saturated carbocycles. The smallest absolute Gasteiger partial charge is 0.337 e. The maximum Gasteiger partial charge on any atom is 0.337 e. The highest BCUT2D eigenvalue weighted by Crippen LogP contribution is 2.29. The van der Waals surface area contributed by atoms with Crippen LogP contribution in [0.4, 0.5) is 11.4 Å². The number of hydrogen-bond donors (Lipinski definition) is 1. The molecule has 136 valence electrons. The molecular formula is C20H22N2O4. The molecule has 0 unspecified atom stereocenters. The van der Waals surface area contributed by atoms with Gasteiger partial charge in [-0.1, -0.05) is 17.7 Å². The van der Waals surface area contributed by atoms with Gasteiger partial charge in [0.15, 0.2) is 0 Å². The Hall–Kier alpha value is -2.86. The summed E-state index contributed by atoms with van der Waals surface area (Å²) in [6.07, 6.45) is 0. The third-order valence-corrected chi connectivity index (χ3v) is 4.33. The maximum atomic E-state index is 12.6. The van der Waals surface area contributed by atoms with Gasteiger partial charge in [0.2, 0.25) is 0 Å². The fraction of sp³-hybridized carbons (Fsp3) is 0.300. The van der Waals surface area contributed by atoms with Crippen LogP contribution in [0.25, 0.3) is 0 Å². The van der Waals surface area contributed by atoms with Crippen molar-refractivity contribution in [2.24, 2.45) is 0 Å².